The number of carbonyl (C=O) groups excluding carboxylic acids is 1. The van der Waals surface area contributed by atoms with Crippen molar-refractivity contribution in [3.8, 4) is 0 Å². The molecule has 2 heterocycles. The third-order valence-corrected chi connectivity index (χ3v) is 5.32. The lowest BCUT2D eigenvalue weighted by Crippen LogP contribution is -2.48. The molecule has 0 aromatic heterocycles. The molecule has 2 fully saturated rings. The van der Waals surface area contributed by atoms with E-state index in [-0.39, 0.29) is 17.9 Å². The van der Waals surface area contributed by atoms with E-state index in [2.05, 4.69) is 24.2 Å². The van der Waals surface area contributed by atoms with E-state index < -0.39 is 0 Å². The molecule has 1 amide bonds. The number of amides is 1. The second kappa shape index (κ2) is 6.23. The molecule has 0 aromatic rings. The van der Waals surface area contributed by atoms with Gasteiger partial charge in [0.15, 0.2) is 0 Å². The van der Waals surface area contributed by atoms with Crippen LogP contribution in [0.3, 0.4) is 0 Å². The van der Waals surface area contributed by atoms with Crippen LogP contribution in [0.25, 0.3) is 0 Å². The van der Waals surface area contributed by atoms with Gasteiger partial charge in [-0.25, -0.2) is 0 Å². The summed E-state index contributed by atoms with van der Waals surface area (Å²) >= 11 is 0. The van der Waals surface area contributed by atoms with Gasteiger partial charge < -0.3 is 16.0 Å². The molecule has 3 N–H and O–H groups in total. The van der Waals surface area contributed by atoms with Crippen molar-refractivity contribution in [3.63, 3.8) is 0 Å². The summed E-state index contributed by atoms with van der Waals surface area (Å²) < 4.78 is 0. The summed E-state index contributed by atoms with van der Waals surface area (Å²) in [5, 5.41) is 3.07. The molecule has 2 rings (SSSR count). The number of hydrogen-bond donors (Lipinski definition) is 2. The zero-order chi connectivity index (χ0) is 14.0. The fourth-order valence-corrected chi connectivity index (χ4v) is 3.57. The Morgan fingerprint density at radius 3 is 2.47 bits per heavy atom. The van der Waals surface area contributed by atoms with Crippen LogP contribution < -0.4 is 11.1 Å². The molecule has 110 valence electrons. The van der Waals surface area contributed by atoms with E-state index in [9.17, 15) is 4.79 Å². The molecule has 2 aliphatic rings. The summed E-state index contributed by atoms with van der Waals surface area (Å²) in [6.07, 6.45) is 6.07. The highest BCUT2D eigenvalue weighted by atomic mass is 16.2. The predicted molar refractivity (Wildman–Crippen MR) is 77.7 cm³/mol. The summed E-state index contributed by atoms with van der Waals surface area (Å²) in [4.78, 5) is 14.5. The molecule has 0 spiro atoms. The highest BCUT2D eigenvalue weighted by molar-refractivity contribution is 5.81. The van der Waals surface area contributed by atoms with Crippen LogP contribution in [0.1, 0.15) is 46.0 Å². The largest absolute Gasteiger partial charge is 0.354 e. The van der Waals surface area contributed by atoms with Gasteiger partial charge in [-0.1, -0.05) is 20.3 Å². The SMILES string of the molecule is CC[C@H](C)[C@H](N)C(=O)NCC1CC2CCC(C1)N2C. The van der Waals surface area contributed by atoms with Crippen molar-refractivity contribution < 1.29 is 4.79 Å². The first-order valence-electron chi connectivity index (χ1n) is 7.78. The predicted octanol–water partition coefficient (Wildman–Crippen LogP) is 1.35. The van der Waals surface area contributed by atoms with Gasteiger partial charge in [0.25, 0.3) is 0 Å². The normalized spacial score (nSPS) is 34.0. The minimum Gasteiger partial charge on any atom is -0.354 e. The first kappa shape index (κ1) is 14.8. The van der Waals surface area contributed by atoms with Gasteiger partial charge >= 0.3 is 0 Å². The van der Waals surface area contributed by atoms with Crippen molar-refractivity contribution in [2.24, 2.45) is 17.6 Å². The zero-order valence-corrected chi connectivity index (χ0v) is 12.6. The summed E-state index contributed by atoms with van der Waals surface area (Å²) in [5.74, 6) is 0.927. The Kier molecular flexibility index (Phi) is 4.85. The Balaban J connectivity index is 1.76. The molecule has 2 saturated heterocycles. The number of nitrogens with one attached hydrogen (secondary N) is 1. The Morgan fingerprint density at radius 1 is 1.37 bits per heavy atom. The fraction of sp³-hybridized carbons (Fsp3) is 0.933. The average molecular weight is 267 g/mol. The highest BCUT2D eigenvalue weighted by Crippen LogP contribution is 2.36. The highest BCUT2D eigenvalue weighted by Gasteiger charge is 2.38. The maximum Gasteiger partial charge on any atom is 0.237 e. The van der Waals surface area contributed by atoms with Crippen LogP contribution in [0.2, 0.25) is 0 Å². The summed E-state index contributed by atoms with van der Waals surface area (Å²) in [5.41, 5.74) is 5.96. The van der Waals surface area contributed by atoms with Crippen LogP contribution in [0, 0.1) is 11.8 Å². The lowest BCUT2D eigenvalue weighted by atomic mass is 9.91. The second-order valence-corrected chi connectivity index (χ2v) is 6.54. The minimum absolute atomic E-state index is 0.0284. The number of carbonyl (C=O) groups is 1. The smallest absolute Gasteiger partial charge is 0.237 e. The number of nitrogens with zero attached hydrogens (tertiary/aromatic N) is 1. The van der Waals surface area contributed by atoms with Gasteiger partial charge in [-0.05, 0) is 44.6 Å². The van der Waals surface area contributed by atoms with Crippen LogP contribution in [-0.2, 0) is 4.79 Å². The summed E-state index contributed by atoms with van der Waals surface area (Å²) in [6.45, 7) is 4.93. The van der Waals surface area contributed by atoms with Gasteiger partial charge in [-0.15, -0.1) is 0 Å². The maximum absolute atomic E-state index is 12.0. The van der Waals surface area contributed by atoms with E-state index in [1.54, 1.807) is 0 Å². The van der Waals surface area contributed by atoms with Crippen molar-refractivity contribution in [1.82, 2.24) is 10.2 Å². The minimum atomic E-state index is -0.354. The van der Waals surface area contributed by atoms with Crippen LogP contribution in [0.5, 0.6) is 0 Å². The molecule has 2 aliphatic heterocycles. The lowest BCUT2D eigenvalue weighted by Gasteiger charge is -2.36. The van der Waals surface area contributed by atoms with Crippen LogP contribution >= 0.6 is 0 Å². The number of hydrogen-bond acceptors (Lipinski definition) is 3. The van der Waals surface area contributed by atoms with Crippen LogP contribution in [0.4, 0.5) is 0 Å². The Hall–Kier alpha value is -0.610. The van der Waals surface area contributed by atoms with Gasteiger partial charge in [-0.2, -0.15) is 0 Å². The van der Waals surface area contributed by atoms with Gasteiger partial charge in [0.2, 0.25) is 5.91 Å². The molecule has 4 heteroatoms. The molecule has 4 atom stereocenters. The monoisotopic (exact) mass is 267 g/mol. The van der Waals surface area contributed by atoms with E-state index in [0.717, 1.165) is 25.0 Å². The van der Waals surface area contributed by atoms with Gasteiger partial charge in [0.05, 0.1) is 6.04 Å². The topological polar surface area (TPSA) is 58.4 Å². The molecule has 2 unspecified atom stereocenters. The van der Waals surface area contributed by atoms with Crippen LogP contribution in [-0.4, -0.2) is 42.5 Å². The van der Waals surface area contributed by atoms with Crippen molar-refractivity contribution in [1.29, 1.82) is 0 Å². The number of rotatable bonds is 5. The number of fused-ring (bicyclic) bond motifs is 2. The van der Waals surface area contributed by atoms with E-state index in [1.165, 1.54) is 25.7 Å². The zero-order valence-electron chi connectivity index (χ0n) is 12.6. The molecule has 0 radical (unpaired) electrons. The molecule has 19 heavy (non-hydrogen) atoms. The molecule has 0 saturated carbocycles. The third-order valence-electron chi connectivity index (χ3n) is 5.32. The molecule has 4 nitrogen and oxygen atoms in total. The standard InChI is InChI=1S/C15H29N3O/c1-4-10(2)14(16)15(19)17-9-11-7-12-5-6-13(8-11)18(12)3/h10-14H,4-9,16H2,1-3H3,(H,17,19)/t10-,11?,12?,13?,14-/m0/s1. The molecular weight excluding hydrogens is 238 g/mol. The maximum atomic E-state index is 12.0. The first-order valence-corrected chi connectivity index (χ1v) is 7.78. The van der Waals surface area contributed by atoms with Crippen molar-refractivity contribution in [3.05, 3.63) is 0 Å². The molecule has 2 bridgehead atoms. The quantitative estimate of drug-likeness (QED) is 0.790. The number of piperidine rings is 1. The Morgan fingerprint density at radius 2 is 1.95 bits per heavy atom. The molecule has 0 aliphatic carbocycles. The first-order chi connectivity index (χ1) is 9.02. The van der Waals surface area contributed by atoms with Crippen molar-refractivity contribution >= 4 is 5.91 Å². The van der Waals surface area contributed by atoms with Crippen LogP contribution in [0.15, 0.2) is 0 Å². The third kappa shape index (κ3) is 3.29. The lowest BCUT2D eigenvalue weighted by molar-refractivity contribution is -0.123. The van der Waals surface area contributed by atoms with Crippen molar-refractivity contribution in [2.45, 2.75) is 64.1 Å². The summed E-state index contributed by atoms with van der Waals surface area (Å²) in [7, 11) is 2.25. The molecule has 0 aromatic carbocycles. The second-order valence-electron chi connectivity index (χ2n) is 6.54. The fourth-order valence-electron chi connectivity index (χ4n) is 3.57. The van der Waals surface area contributed by atoms with Gasteiger partial charge in [0, 0.05) is 18.6 Å². The van der Waals surface area contributed by atoms with Crippen molar-refractivity contribution in [2.75, 3.05) is 13.6 Å². The Bertz CT molecular complexity index is 307. The van der Waals surface area contributed by atoms with Gasteiger partial charge in [-0.3, -0.25) is 4.79 Å². The van der Waals surface area contributed by atoms with E-state index in [0.29, 0.717) is 5.92 Å². The van der Waals surface area contributed by atoms with E-state index >= 15 is 0 Å². The summed E-state index contributed by atoms with van der Waals surface area (Å²) in [6, 6.07) is 1.13. The number of nitrogens with two attached hydrogens (primary N) is 1. The molecular formula is C15H29N3O. The van der Waals surface area contributed by atoms with E-state index in [1.807, 2.05) is 6.92 Å². The van der Waals surface area contributed by atoms with E-state index in [4.69, 9.17) is 5.73 Å². The average Bonchev–Trinajstić information content (AvgIpc) is 2.65. The Labute approximate surface area is 117 Å². The van der Waals surface area contributed by atoms with Gasteiger partial charge in [0.1, 0.15) is 0 Å².